The molecule has 0 spiro atoms. The second kappa shape index (κ2) is 9.47. The van der Waals surface area contributed by atoms with Crippen molar-refractivity contribution in [1.82, 2.24) is 14.5 Å². The number of piperazine rings is 1. The normalized spacial score (nSPS) is 14.0. The number of aromatic nitrogens is 2. The first-order valence-electron chi connectivity index (χ1n) is 11.8. The highest BCUT2D eigenvalue weighted by Gasteiger charge is 2.23. The van der Waals surface area contributed by atoms with Crippen molar-refractivity contribution in [3.63, 3.8) is 0 Å². The van der Waals surface area contributed by atoms with Gasteiger partial charge in [0.15, 0.2) is 0 Å². The summed E-state index contributed by atoms with van der Waals surface area (Å²) < 4.78 is 2.02. The second-order valence-electron chi connectivity index (χ2n) is 9.08. The van der Waals surface area contributed by atoms with E-state index in [1.807, 2.05) is 27.8 Å². The van der Waals surface area contributed by atoms with Gasteiger partial charge in [-0.25, -0.2) is 4.98 Å². The fourth-order valence-corrected chi connectivity index (χ4v) is 5.37. The van der Waals surface area contributed by atoms with Crippen LogP contribution in [0.25, 0.3) is 22.0 Å². The van der Waals surface area contributed by atoms with E-state index < -0.39 is 0 Å². The molecule has 5 nitrogen and oxygen atoms in total. The third-order valence-electron chi connectivity index (χ3n) is 6.54. The molecular formula is C28H30N4OS. The van der Waals surface area contributed by atoms with Gasteiger partial charge >= 0.3 is 0 Å². The third-order valence-corrected chi connectivity index (χ3v) is 7.41. The molecule has 1 aliphatic rings. The number of amides is 1. The smallest absolute Gasteiger partial charge is 0.242 e. The minimum atomic E-state index is 0.161. The summed E-state index contributed by atoms with van der Waals surface area (Å²) in [5.74, 6) is 0.161. The van der Waals surface area contributed by atoms with Crippen molar-refractivity contribution < 1.29 is 4.79 Å². The Morgan fingerprint density at radius 1 is 0.941 bits per heavy atom. The molecule has 6 heteroatoms. The zero-order valence-electron chi connectivity index (χ0n) is 20.0. The van der Waals surface area contributed by atoms with Gasteiger partial charge in [0.05, 0.1) is 11.4 Å². The zero-order chi connectivity index (χ0) is 23.7. The highest BCUT2D eigenvalue weighted by atomic mass is 32.1. The van der Waals surface area contributed by atoms with E-state index in [1.165, 1.54) is 22.4 Å². The monoisotopic (exact) mass is 470 g/mol. The third kappa shape index (κ3) is 4.64. The van der Waals surface area contributed by atoms with Gasteiger partial charge in [0.2, 0.25) is 5.91 Å². The number of carbonyl (C=O) groups is 1. The molecule has 0 atom stereocenters. The molecule has 1 amide bonds. The number of rotatable bonds is 5. The molecule has 4 aromatic rings. The zero-order valence-corrected chi connectivity index (χ0v) is 20.8. The van der Waals surface area contributed by atoms with Crippen molar-refractivity contribution in [2.24, 2.45) is 0 Å². The maximum atomic E-state index is 13.1. The van der Waals surface area contributed by atoms with Crippen LogP contribution in [0.4, 0.5) is 5.69 Å². The molecule has 1 saturated heterocycles. The molecule has 0 saturated carbocycles. The lowest BCUT2D eigenvalue weighted by Crippen LogP contribution is -2.49. The van der Waals surface area contributed by atoms with Gasteiger partial charge in [-0.05, 0) is 50.1 Å². The van der Waals surface area contributed by atoms with E-state index >= 15 is 0 Å². The number of anilines is 1. The van der Waals surface area contributed by atoms with Gasteiger partial charge in [-0.15, -0.1) is 11.3 Å². The van der Waals surface area contributed by atoms with E-state index in [0.29, 0.717) is 6.54 Å². The predicted octanol–water partition coefficient (Wildman–Crippen LogP) is 5.55. The van der Waals surface area contributed by atoms with Crippen LogP contribution in [0, 0.1) is 20.8 Å². The molecular weight excluding hydrogens is 440 g/mol. The van der Waals surface area contributed by atoms with Crippen LogP contribution in [-0.2, 0) is 11.3 Å². The van der Waals surface area contributed by atoms with E-state index in [9.17, 15) is 4.79 Å². The fourth-order valence-electron chi connectivity index (χ4n) is 4.50. The maximum absolute atomic E-state index is 13.1. The lowest BCUT2D eigenvalue weighted by Gasteiger charge is -2.37. The number of carbonyl (C=O) groups excluding carboxylic acids is 1. The van der Waals surface area contributed by atoms with Crippen molar-refractivity contribution in [3.8, 4) is 22.0 Å². The fraction of sp³-hybridized carbons (Fsp3) is 0.286. The van der Waals surface area contributed by atoms with E-state index in [-0.39, 0.29) is 5.91 Å². The minimum Gasteiger partial charge on any atom is -0.368 e. The number of aryl methyl sites for hydroxylation is 3. The first-order chi connectivity index (χ1) is 16.5. The van der Waals surface area contributed by atoms with Crippen molar-refractivity contribution in [2.75, 3.05) is 31.1 Å². The molecule has 34 heavy (non-hydrogen) atoms. The first-order valence-corrected chi connectivity index (χ1v) is 12.6. The highest BCUT2D eigenvalue weighted by molar-refractivity contribution is 7.13. The van der Waals surface area contributed by atoms with E-state index in [2.05, 4.69) is 73.5 Å². The Kier molecular flexibility index (Phi) is 6.24. The molecule has 0 radical (unpaired) electrons. The molecule has 174 valence electrons. The highest BCUT2D eigenvalue weighted by Crippen LogP contribution is 2.30. The van der Waals surface area contributed by atoms with Gasteiger partial charge in [0.1, 0.15) is 11.6 Å². The van der Waals surface area contributed by atoms with Gasteiger partial charge in [-0.1, -0.05) is 42.0 Å². The molecule has 1 aliphatic heterocycles. The Morgan fingerprint density at radius 3 is 2.44 bits per heavy atom. The summed E-state index contributed by atoms with van der Waals surface area (Å²) in [4.78, 5) is 22.4. The Morgan fingerprint density at radius 2 is 1.68 bits per heavy atom. The number of hydrogen-bond donors (Lipinski definition) is 0. The van der Waals surface area contributed by atoms with Crippen LogP contribution in [0.1, 0.15) is 16.7 Å². The summed E-state index contributed by atoms with van der Waals surface area (Å²) >= 11 is 1.62. The molecule has 0 N–H and O–H groups in total. The summed E-state index contributed by atoms with van der Waals surface area (Å²) in [7, 11) is 0. The Bertz CT molecular complexity index is 1300. The number of benzene rings is 2. The molecule has 5 rings (SSSR count). The summed E-state index contributed by atoms with van der Waals surface area (Å²) in [6.07, 6.45) is 1.98. The molecule has 2 aromatic carbocycles. The van der Waals surface area contributed by atoms with Crippen LogP contribution >= 0.6 is 11.3 Å². The molecule has 0 aliphatic carbocycles. The number of hydrogen-bond acceptors (Lipinski definition) is 4. The van der Waals surface area contributed by atoms with Crippen LogP contribution in [0.2, 0.25) is 0 Å². The first kappa shape index (κ1) is 22.4. The van der Waals surface area contributed by atoms with E-state index in [1.54, 1.807) is 11.3 Å². The SMILES string of the molecule is Cc1ccc(-c2csc(-c3cccn3CC(=O)N3CCN(c4cc(C)ccc4C)CC3)n2)cc1. The van der Waals surface area contributed by atoms with Gasteiger partial charge in [0, 0.05) is 49.0 Å². The van der Waals surface area contributed by atoms with Gasteiger partial charge in [0.25, 0.3) is 0 Å². The quantitative estimate of drug-likeness (QED) is 0.384. The predicted molar refractivity (Wildman–Crippen MR) is 140 cm³/mol. The van der Waals surface area contributed by atoms with Gasteiger partial charge in [-0.2, -0.15) is 0 Å². The molecule has 0 bridgehead atoms. The topological polar surface area (TPSA) is 41.4 Å². The van der Waals surface area contributed by atoms with Crippen LogP contribution < -0.4 is 4.90 Å². The standard InChI is InChI=1S/C28H30N4OS/c1-20-7-10-23(11-8-20)24-19-34-28(29-24)25-5-4-12-32(25)18-27(33)31-15-13-30(14-16-31)26-17-21(2)6-9-22(26)3/h4-12,17,19H,13-16,18H2,1-3H3. The Balaban J connectivity index is 1.24. The largest absolute Gasteiger partial charge is 0.368 e. The Labute approximate surface area is 205 Å². The molecule has 0 unspecified atom stereocenters. The van der Waals surface area contributed by atoms with Gasteiger partial charge in [-0.3, -0.25) is 4.79 Å². The minimum absolute atomic E-state index is 0.161. The van der Waals surface area contributed by atoms with Gasteiger partial charge < -0.3 is 14.4 Å². The Hall–Kier alpha value is -3.38. The number of thiazole rings is 1. The van der Waals surface area contributed by atoms with Crippen molar-refractivity contribution >= 4 is 22.9 Å². The molecule has 2 aromatic heterocycles. The lowest BCUT2D eigenvalue weighted by atomic mass is 10.1. The van der Waals surface area contributed by atoms with E-state index in [4.69, 9.17) is 4.98 Å². The van der Waals surface area contributed by atoms with Crippen molar-refractivity contribution in [3.05, 3.63) is 82.9 Å². The summed E-state index contributed by atoms with van der Waals surface area (Å²) in [6, 6.07) is 19.0. The molecule has 3 heterocycles. The lowest BCUT2D eigenvalue weighted by molar-refractivity contribution is -0.132. The van der Waals surface area contributed by atoms with Crippen LogP contribution in [0.3, 0.4) is 0 Å². The molecule has 1 fully saturated rings. The average Bonchev–Trinajstić information content (AvgIpc) is 3.51. The summed E-state index contributed by atoms with van der Waals surface area (Å²) in [5.41, 5.74) is 8.16. The summed E-state index contributed by atoms with van der Waals surface area (Å²) in [5, 5.41) is 3.03. The van der Waals surface area contributed by atoms with Crippen LogP contribution in [0.5, 0.6) is 0 Å². The van der Waals surface area contributed by atoms with Crippen LogP contribution in [-0.4, -0.2) is 46.5 Å². The van der Waals surface area contributed by atoms with Crippen molar-refractivity contribution in [2.45, 2.75) is 27.3 Å². The van der Waals surface area contributed by atoms with Crippen molar-refractivity contribution in [1.29, 1.82) is 0 Å². The number of nitrogens with zero attached hydrogens (tertiary/aromatic N) is 4. The maximum Gasteiger partial charge on any atom is 0.242 e. The summed E-state index contributed by atoms with van der Waals surface area (Å²) in [6.45, 7) is 9.93. The van der Waals surface area contributed by atoms with E-state index in [0.717, 1.165) is 48.1 Å². The van der Waals surface area contributed by atoms with Crippen LogP contribution in [0.15, 0.2) is 66.2 Å². The second-order valence-corrected chi connectivity index (χ2v) is 9.94. The average molecular weight is 471 g/mol.